The lowest BCUT2D eigenvalue weighted by atomic mass is 10.0. The molecule has 2 nitrogen and oxygen atoms in total. The van der Waals surface area contributed by atoms with E-state index in [1.54, 1.807) is 0 Å². The van der Waals surface area contributed by atoms with E-state index in [1.807, 2.05) is 0 Å². The largest absolute Gasteiger partial charge is 0.297 e. The van der Waals surface area contributed by atoms with Crippen molar-refractivity contribution in [2.45, 2.75) is 31.5 Å². The molecule has 2 unspecified atom stereocenters. The maximum atomic E-state index is 13.7. The van der Waals surface area contributed by atoms with Crippen LogP contribution in [0.1, 0.15) is 19.3 Å². The van der Waals surface area contributed by atoms with Gasteiger partial charge in [0.15, 0.2) is 0 Å². The molecule has 0 amide bonds. The summed E-state index contributed by atoms with van der Waals surface area (Å²) >= 11 is 2.22. The van der Waals surface area contributed by atoms with Gasteiger partial charge in [0.05, 0.1) is 0 Å². The Morgan fingerprint density at radius 1 is 1.15 bits per heavy atom. The van der Waals surface area contributed by atoms with Crippen molar-refractivity contribution >= 4 is 22.9 Å². The Morgan fingerprint density at radius 3 is 2.46 bits per heavy atom. The van der Waals surface area contributed by atoms with Crippen molar-refractivity contribution < 1.29 is 4.39 Å². The highest BCUT2D eigenvalue weighted by molar-refractivity contribution is 14.1. The summed E-state index contributed by atoms with van der Waals surface area (Å²) in [7, 11) is 0. The van der Waals surface area contributed by atoms with Crippen molar-refractivity contribution in [1.82, 2.24) is 8.01 Å². The van der Waals surface area contributed by atoms with E-state index in [9.17, 15) is 4.39 Å². The van der Waals surface area contributed by atoms with Crippen LogP contribution in [0.4, 0.5) is 4.39 Å². The maximum absolute atomic E-state index is 13.7. The van der Waals surface area contributed by atoms with E-state index in [0.29, 0.717) is 6.54 Å². The number of hydrogen-bond donors (Lipinski definition) is 0. The Balaban J connectivity index is 1.91. The van der Waals surface area contributed by atoms with Gasteiger partial charge in [-0.2, -0.15) is 0 Å². The fraction of sp³-hybridized carbons (Fsp3) is 1.00. The Labute approximate surface area is 93.0 Å². The summed E-state index contributed by atoms with van der Waals surface area (Å²) in [6, 6.07) is 0.216. The first-order chi connectivity index (χ1) is 6.27. The molecule has 2 heterocycles. The third-order valence-electron chi connectivity index (χ3n) is 3.07. The fourth-order valence-corrected chi connectivity index (χ4v) is 2.99. The molecule has 2 fully saturated rings. The molecule has 0 aromatic carbocycles. The summed E-state index contributed by atoms with van der Waals surface area (Å²) in [4.78, 5) is 2.34. The second-order valence-electron chi connectivity index (χ2n) is 3.98. The average molecular weight is 298 g/mol. The molecule has 0 N–H and O–H groups in total. The van der Waals surface area contributed by atoms with Crippen LogP contribution < -0.4 is 0 Å². The lowest BCUT2D eigenvalue weighted by molar-refractivity contribution is 0.0846. The summed E-state index contributed by atoms with van der Waals surface area (Å²) < 4.78 is 15.7. The topological polar surface area (TPSA) is 6.48 Å². The molecule has 4 heteroatoms. The molecule has 2 atom stereocenters. The van der Waals surface area contributed by atoms with Crippen LogP contribution in [0, 0.1) is 0 Å². The van der Waals surface area contributed by atoms with Gasteiger partial charge in [0, 0.05) is 42.0 Å². The van der Waals surface area contributed by atoms with E-state index < -0.39 is 6.17 Å². The molecule has 0 saturated carbocycles. The van der Waals surface area contributed by atoms with Crippen molar-refractivity contribution in [3.05, 3.63) is 0 Å². The highest BCUT2D eigenvalue weighted by atomic mass is 127. The number of likely N-dealkylation sites (tertiary alicyclic amines) is 1. The standard InChI is InChI=1S/C9H16FIN2/c10-8-7-13(11)6-3-9(8)12-4-1-2-5-12/h8-9H,1-7H2. The molecule has 13 heavy (non-hydrogen) atoms. The SMILES string of the molecule is FC1CN(I)CCC1N1CCCC1. The molecule has 0 aromatic heterocycles. The van der Waals surface area contributed by atoms with Crippen LogP contribution in [0.2, 0.25) is 0 Å². The predicted molar refractivity (Wildman–Crippen MR) is 59.7 cm³/mol. The van der Waals surface area contributed by atoms with Gasteiger partial charge in [-0.25, -0.2) is 7.50 Å². The smallest absolute Gasteiger partial charge is 0.129 e. The zero-order valence-electron chi connectivity index (χ0n) is 7.75. The van der Waals surface area contributed by atoms with Gasteiger partial charge in [0.25, 0.3) is 0 Å². The van der Waals surface area contributed by atoms with E-state index in [4.69, 9.17) is 0 Å². The molecule has 2 aliphatic heterocycles. The van der Waals surface area contributed by atoms with Crippen LogP contribution in [-0.4, -0.2) is 46.4 Å². The Bertz CT molecular complexity index is 173. The Morgan fingerprint density at radius 2 is 1.85 bits per heavy atom. The summed E-state index contributed by atoms with van der Waals surface area (Å²) in [6.07, 6.45) is 2.89. The normalized spacial score (nSPS) is 38.3. The number of piperidine rings is 1. The average Bonchev–Trinajstić information content (AvgIpc) is 2.56. The molecule has 0 aliphatic carbocycles. The van der Waals surface area contributed by atoms with E-state index in [-0.39, 0.29) is 6.04 Å². The summed E-state index contributed by atoms with van der Waals surface area (Å²) in [5, 5.41) is 0. The van der Waals surface area contributed by atoms with Crippen LogP contribution in [0.5, 0.6) is 0 Å². The van der Waals surface area contributed by atoms with E-state index in [2.05, 4.69) is 30.9 Å². The number of halogens is 2. The zero-order valence-corrected chi connectivity index (χ0v) is 9.91. The highest BCUT2D eigenvalue weighted by Gasteiger charge is 2.33. The summed E-state index contributed by atoms with van der Waals surface area (Å²) in [6.45, 7) is 3.89. The fourth-order valence-electron chi connectivity index (χ4n) is 2.34. The first-order valence-corrected chi connectivity index (χ1v) is 6.03. The number of hydrogen-bond acceptors (Lipinski definition) is 2. The second-order valence-corrected chi connectivity index (χ2v) is 5.35. The molecule has 0 radical (unpaired) electrons. The molecular formula is C9H16FIN2. The van der Waals surface area contributed by atoms with Gasteiger partial charge in [-0.15, -0.1) is 0 Å². The lowest BCUT2D eigenvalue weighted by Gasteiger charge is -2.36. The Kier molecular flexibility index (Phi) is 3.42. The minimum Gasteiger partial charge on any atom is -0.297 e. The monoisotopic (exact) mass is 298 g/mol. The first kappa shape index (κ1) is 10.1. The number of nitrogens with zero attached hydrogens (tertiary/aromatic N) is 2. The van der Waals surface area contributed by atoms with Crippen LogP contribution in [0.3, 0.4) is 0 Å². The van der Waals surface area contributed by atoms with Crippen LogP contribution in [0.15, 0.2) is 0 Å². The molecular weight excluding hydrogens is 282 g/mol. The molecule has 2 saturated heterocycles. The van der Waals surface area contributed by atoms with Crippen LogP contribution >= 0.6 is 22.9 Å². The third kappa shape index (κ3) is 2.33. The van der Waals surface area contributed by atoms with Crippen molar-refractivity contribution in [2.24, 2.45) is 0 Å². The van der Waals surface area contributed by atoms with Crippen molar-refractivity contribution in [3.8, 4) is 0 Å². The zero-order chi connectivity index (χ0) is 9.26. The van der Waals surface area contributed by atoms with Gasteiger partial charge in [0.1, 0.15) is 6.17 Å². The van der Waals surface area contributed by atoms with E-state index in [1.165, 1.54) is 12.8 Å². The maximum Gasteiger partial charge on any atom is 0.129 e. The molecule has 2 rings (SSSR count). The van der Waals surface area contributed by atoms with E-state index >= 15 is 0 Å². The summed E-state index contributed by atoms with van der Waals surface area (Å²) in [5.41, 5.74) is 0. The second kappa shape index (κ2) is 4.40. The van der Waals surface area contributed by atoms with Crippen LogP contribution in [0.25, 0.3) is 0 Å². The molecule has 0 aromatic rings. The lowest BCUT2D eigenvalue weighted by Crippen LogP contribution is -2.49. The van der Waals surface area contributed by atoms with Gasteiger partial charge in [-0.05, 0) is 32.4 Å². The molecule has 2 aliphatic rings. The van der Waals surface area contributed by atoms with Gasteiger partial charge >= 0.3 is 0 Å². The summed E-state index contributed by atoms with van der Waals surface area (Å²) in [5.74, 6) is 0. The van der Waals surface area contributed by atoms with Gasteiger partial charge in [0.2, 0.25) is 0 Å². The molecule has 76 valence electrons. The minimum absolute atomic E-state index is 0.216. The highest BCUT2D eigenvalue weighted by Crippen LogP contribution is 2.24. The van der Waals surface area contributed by atoms with Crippen molar-refractivity contribution in [1.29, 1.82) is 0 Å². The van der Waals surface area contributed by atoms with Gasteiger partial charge in [-0.1, -0.05) is 0 Å². The molecule has 0 bridgehead atoms. The van der Waals surface area contributed by atoms with Crippen LogP contribution in [-0.2, 0) is 0 Å². The number of rotatable bonds is 1. The third-order valence-corrected chi connectivity index (χ3v) is 3.94. The minimum atomic E-state index is -0.635. The number of alkyl halides is 1. The van der Waals surface area contributed by atoms with Crippen molar-refractivity contribution in [3.63, 3.8) is 0 Å². The van der Waals surface area contributed by atoms with Gasteiger partial charge < -0.3 is 0 Å². The van der Waals surface area contributed by atoms with Gasteiger partial charge in [-0.3, -0.25) is 4.90 Å². The molecule has 0 spiro atoms. The van der Waals surface area contributed by atoms with E-state index in [0.717, 1.165) is 26.1 Å². The first-order valence-electron chi connectivity index (χ1n) is 5.06. The predicted octanol–water partition coefficient (Wildman–Crippen LogP) is 1.84. The quantitative estimate of drug-likeness (QED) is 0.538. The Hall–Kier alpha value is 0.580. The van der Waals surface area contributed by atoms with Crippen molar-refractivity contribution in [2.75, 3.05) is 26.2 Å².